The van der Waals surface area contributed by atoms with Crippen molar-refractivity contribution in [1.29, 1.82) is 0 Å². The van der Waals surface area contributed by atoms with E-state index in [0.29, 0.717) is 25.5 Å². The largest absolute Gasteiger partial charge is 0.446 e. The van der Waals surface area contributed by atoms with Gasteiger partial charge >= 0.3 is 0 Å². The van der Waals surface area contributed by atoms with Crippen LogP contribution in [0.4, 0.5) is 0 Å². The topological polar surface area (TPSA) is 75.4 Å². The summed E-state index contributed by atoms with van der Waals surface area (Å²) in [6, 6.07) is 0. The number of rotatable bonds is 7. The molecule has 6 nitrogen and oxygen atoms in total. The summed E-state index contributed by atoms with van der Waals surface area (Å²) < 4.78 is 5.23. The van der Waals surface area contributed by atoms with Gasteiger partial charge in [-0.15, -0.1) is 0 Å². The summed E-state index contributed by atoms with van der Waals surface area (Å²) in [5.41, 5.74) is 0.253. The van der Waals surface area contributed by atoms with Crippen molar-refractivity contribution in [3.05, 3.63) is 17.8 Å². The van der Waals surface area contributed by atoms with Crippen LogP contribution in [0, 0.1) is 0 Å². The highest BCUT2D eigenvalue weighted by Crippen LogP contribution is 2.07. The summed E-state index contributed by atoms with van der Waals surface area (Å²) >= 11 is 0. The fraction of sp³-hybridized carbons (Fsp3) is 0.615. The molecule has 1 rings (SSSR count). The van der Waals surface area contributed by atoms with Crippen LogP contribution in [0.25, 0.3) is 0 Å². The monoisotopic (exact) mass is 267 g/mol. The van der Waals surface area contributed by atoms with Crippen LogP contribution in [-0.2, 0) is 11.3 Å². The van der Waals surface area contributed by atoms with Crippen molar-refractivity contribution in [1.82, 2.24) is 15.2 Å². The molecular weight excluding hydrogens is 246 g/mol. The second-order valence-electron chi connectivity index (χ2n) is 4.32. The van der Waals surface area contributed by atoms with Gasteiger partial charge in [-0.1, -0.05) is 13.8 Å². The molecule has 0 saturated heterocycles. The molecule has 1 N–H and O–H groups in total. The third-order valence-corrected chi connectivity index (χ3v) is 2.58. The third kappa shape index (κ3) is 4.73. The van der Waals surface area contributed by atoms with Crippen LogP contribution in [0.3, 0.4) is 0 Å². The van der Waals surface area contributed by atoms with Crippen LogP contribution in [0.15, 0.2) is 10.7 Å². The first-order valence-electron chi connectivity index (χ1n) is 6.56. The zero-order valence-corrected chi connectivity index (χ0v) is 11.7. The lowest BCUT2D eigenvalue weighted by atomic mass is 10.4. The molecule has 0 aromatic carbocycles. The third-order valence-electron chi connectivity index (χ3n) is 2.58. The lowest BCUT2D eigenvalue weighted by Crippen LogP contribution is -2.29. The van der Waals surface area contributed by atoms with Gasteiger partial charge in [0.2, 0.25) is 11.8 Å². The van der Waals surface area contributed by atoms with Gasteiger partial charge in [-0.25, -0.2) is 4.98 Å². The molecule has 0 aliphatic rings. The Morgan fingerprint density at radius 2 is 2.11 bits per heavy atom. The highest BCUT2D eigenvalue weighted by Gasteiger charge is 2.15. The Hall–Kier alpha value is -1.85. The average molecular weight is 267 g/mol. The van der Waals surface area contributed by atoms with Crippen molar-refractivity contribution in [2.75, 3.05) is 13.1 Å². The summed E-state index contributed by atoms with van der Waals surface area (Å²) in [6.45, 7) is 7.03. The number of carbonyl (C=O) groups excluding carboxylic acids is 2. The van der Waals surface area contributed by atoms with E-state index in [4.69, 9.17) is 4.42 Å². The van der Waals surface area contributed by atoms with Crippen LogP contribution in [0.1, 0.15) is 50.0 Å². The van der Waals surface area contributed by atoms with E-state index in [1.54, 1.807) is 4.90 Å². The second-order valence-corrected chi connectivity index (χ2v) is 4.32. The number of hydrogen-bond donors (Lipinski definition) is 1. The molecule has 0 saturated carbocycles. The molecule has 1 aromatic rings. The van der Waals surface area contributed by atoms with E-state index in [0.717, 1.165) is 12.8 Å². The molecule has 0 spiro atoms. The zero-order valence-electron chi connectivity index (χ0n) is 11.7. The van der Waals surface area contributed by atoms with Crippen molar-refractivity contribution in [2.45, 2.75) is 40.2 Å². The molecule has 106 valence electrons. The number of carbonyl (C=O) groups is 2. The van der Waals surface area contributed by atoms with Crippen LogP contribution in [0.5, 0.6) is 0 Å². The quantitative estimate of drug-likeness (QED) is 0.813. The van der Waals surface area contributed by atoms with Gasteiger partial charge in [-0.3, -0.25) is 9.59 Å². The van der Waals surface area contributed by atoms with Gasteiger partial charge in [0.05, 0.1) is 6.54 Å². The van der Waals surface area contributed by atoms with E-state index in [1.165, 1.54) is 13.2 Å². The Labute approximate surface area is 113 Å². The number of oxazole rings is 1. The summed E-state index contributed by atoms with van der Waals surface area (Å²) in [5, 5.41) is 2.72. The Balaban J connectivity index is 2.63. The minimum Gasteiger partial charge on any atom is -0.446 e. The molecule has 1 heterocycles. The smallest absolute Gasteiger partial charge is 0.273 e. The van der Waals surface area contributed by atoms with E-state index in [1.807, 2.05) is 13.8 Å². The van der Waals surface area contributed by atoms with Crippen LogP contribution < -0.4 is 5.32 Å². The fourth-order valence-electron chi connectivity index (χ4n) is 1.60. The Morgan fingerprint density at radius 1 is 1.37 bits per heavy atom. The zero-order chi connectivity index (χ0) is 14.3. The summed E-state index contributed by atoms with van der Waals surface area (Å²) in [6.07, 6.45) is 3.06. The summed E-state index contributed by atoms with van der Waals surface area (Å²) in [5.74, 6) is 0.101. The van der Waals surface area contributed by atoms with E-state index >= 15 is 0 Å². The molecule has 2 amide bonds. The van der Waals surface area contributed by atoms with E-state index in [-0.39, 0.29) is 17.5 Å². The number of nitrogens with one attached hydrogen (secondary N) is 1. The molecule has 0 atom stereocenters. The predicted molar refractivity (Wildman–Crippen MR) is 70.5 cm³/mol. The van der Waals surface area contributed by atoms with Gasteiger partial charge in [0.15, 0.2) is 5.69 Å². The molecule has 6 heteroatoms. The minimum atomic E-state index is -0.248. The summed E-state index contributed by atoms with van der Waals surface area (Å²) in [4.78, 5) is 28.8. The normalized spacial score (nSPS) is 10.3. The van der Waals surface area contributed by atoms with Gasteiger partial charge in [0, 0.05) is 20.0 Å². The standard InChI is InChI=1S/C13H21N3O3/c1-4-6-14-13(18)11-9-19-12(15-11)8-16(7-5-2)10(3)17/h9H,4-8H2,1-3H3,(H,14,18). The molecule has 0 bridgehead atoms. The average Bonchev–Trinajstić information content (AvgIpc) is 2.84. The molecule has 0 unspecified atom stereocenters. The first-order valence-corrected chi connectivity index (χ1v) is 6.56. The van der Waals surface area contributed by atoms with Crippen LogP contribution in [0.2, 0.25) is 0 Å². The van der Waals surface area contributed by atoms with Gasteiger partial charge in [0.25, 0.3) is 5.91 Å². The fourth-order valence-corrected chi connectivity index (χ4v) is 1.60. The lowest BCUT2D eigenvalue weighted by Gasteiger charge is -2.17. The van der Waals surface area contributed by atoms with Crippen molar-refractivity contribution in [2.24, 2.45) is 0 Å². The maximum absolute atomic E-state index is 11.6. The number of amides is 2. The van der Waals surface area contributed by atoms with Gasteiger partial charge in [-0.05, 0) is 12.8 Å². The van der Waals surface area contributed by atoms with Crippen molar-refractivity contribution >= 4 is 11.8 Å². The molecule has 19 heavy (non-hydrogen) atoms. The SMILES string of the molecule is CCCNC(=O)c1coc(CN(CCC)C(C)=O)n1. The predicted octanol–water partition coefficient (Wildman–Crippen LogP) is 1.57. The minimum absolute atomic E-state index is 0.0305. The molecule has 1 aromatic heterocycles. The Bertz CT molecular complexity index is 429. The highest BCUT2D eigenvalue weighted by molar-refractivity contribution is 5.91. The Kier molecular flexibility index (Phi) is 6.05. The lowest BCUT2D eigenvalue weighted by molar-refractivity contribution is -0.129. The maximum Gasteiger partial charge on any atom is 0.273 e. The van der Waals surface area contributed by atoms with Gasteiger partial charge < -0.3 is 14.6 Å². The number of nitrogens with zero attached hydrogens (tertiary/aromatic N) is 2. The van der Waals surface area contributed by atoms with E-state index in [2.05, 4.69) is 10.3 Å². The molecule has 0 fully saturated rings. The first kappa shape index (κ1) is 15.2. The maximum atomic E-state index is 11.6. The summed E-state index contributed by atoms with van der Waals surface area (Å²) in [7, 11) is 0. The molecular formula is C13H21N3O3. The number of hydrogen-bond acceptors (Lipinski definition) is 4. The first-order chi connectivity index (χ1) is 9.08. The van der Waals surface area contributed by atoms with Crippen molar-refractivity contribution < 1.29 is 14.0 Å². The van der Waals surface area contributed by atoms with Gasteiger partial charge in [-0.2, -0.15) is 0 Å². The second kappa shape index (κ2) is 7.56. The van der Waals surface area contributed by atoms with Crippen molar-refractivity contribution in [3.63, 3.8) is 0 Å². The van der Waals surface area contributed by atoms with Crippen LogP contribution in [-0.4, -0.2) is 34.8 Å². The number of aromatic nitrogens is 1. The van der Waals surface area contributed by atoms with Gasteiger partial charge in [0.1, 0.15) is 6.26 Å². The van der Waals surface area contributed by atoms with E-state index < -0.39 is 0 Å². The molecule has 0 radical (unpaired) electrons. The molecule has 0 aliphatic carbocycles. The highest BCUT2D eigenvalue weighted by atomic mass is 16.3. The van der Waals surface area contributed by atoms with Crippen LogP contribution >= 0.6 is 0 Å². The molecule has 0 aliphatic heterocycles. The van der Waals surface area contributed by atoms with E-state index in [9.17, 15) is 9.59 Å². The Morgan fingerprint density at radius 3 is 2.68 bits per heavy atom. The van der Waals surface area contributed by atoms with Crippen molar-refractivity contribution in [3.8, 4) is 0 Å².